The summed E-state index contributed by atoms with van der Waals surface area (Å²) in [5.41, 5.74) is 15.6. The van der Waals surface area contributed by atoms with Crippen LogP contribution in [0.2, 0.25) is 0 Å². The third-order valence-electron chi connectivity index (χ3n) is 15.3. The quantitative estimate of drug-likeness (QED) is 0.170. The van der Waals surface area contributed by atoms with Crippen molar-refractivity contribution < 1.29 is 0 Å². The second kappa shape index (κ2) is 12.5. The molecule has 0 fully saturated rings. The zero-order chi connectivity index (χ0) is 44.8. The molecule has 4 nitrogen and oxygen atoms in total. The summed E-state index contributed by atoms with van der Waals surface area (Å²) in [4.78, 5) is 5.65. The number of rotatable bonds is 2. The van der Waals surface area contributed by atoms with Crippen LogP contribution in [0.5, 0.6) is 0 Å². The van der Waals surface area contributed by atoms with E-state index in [9.17, 15) is 0 Å². The van der Waals surface area contributed by atoms with Gasteiger partial charge in [0.2, 0.25) is 0 Å². The first-order valence-electron chi connectivity index (χ1n) is 23.7. The highest BCUT2D eigenvalue weighted by atomic mass is 15.0. The smallest absolute Gasteiger partial charge is 0.146 e. The predicted octanol–water partition coefficient (Wildman–Crippen LogP) is 17.0. The molecule has 0 amide bonds. The van der Waals surface area contributed by atoms with Crippen LogP contribution in [0.3, 0.4) is 0 Å². The van der Waals surface area contributed by atoms with E-state index in [1.807, 2.05) is 0 Å². The number of para-hydroxylation sites is 2. The summed E-state index contributed by atoms with van der Waals surface area (Å²) in [7, 11) is 0. The molecule has 0 atom stereocenters. The third kappa shape index (κ3) is 4.79. The number of hydrogen-bond donors (Lipinski definition) is 0. The van der Waals surface area contributed by atoms with Crippen molar-refractivity contribution >= 4 is 120 Å². The van der Waals surface area contributed by atoms with Crippen LogP contribution in [-0.2, 0) is 10.8 Å². The van der Waals surface area contributed by atoms with Crippen molar-refractivity contribution in [1.82, 2.24) is 18.4 Å². The monoisotopic (exact) mass is 858 g/mol. The molecule has 4 heteroatoms. The summed E-state index contributed by atoms with van der Waals surface area (Å²) >= 11 is 0. The number of benzene rings is 9. The Labute approximate surface area is 386 Å². The fourth-order valence-electron chi connectivity index (χ4n) is 12.1. The van der Waals surface area contributed by atoms with Crippen molar-refractivity contribution in [3.05, 3.63) is 181 Å². The Balaban J connectivity index is 1.14. The molecule has 0 aliphatic rings. The van der Waals surface area contributed by atoms with Crippen molar-refractivity contribution in [2.45, 2.75) is 52.4 Å². The van der Waals surface area contributed by atoms with E-state index in [0.29, 0.717) is 0 Å². The number of aromatic nitrogens is 4. The van der Waals surface area contributed by atoms with E-state index >= 15 is 0 Å². The van der Waals surface area contributed by atoms with Gasteiger partial charge in [0.1, 0.15) is 5.65 Å². The average Bonchev–Trinajstić information content (AvgIpc) is 4.12. The Morgan fingerprint density at radius 2 is 0.970 bits per heavy atom. The molecular formula is C63H46N4. The molecule has 0 aliphatic heterocycles. The topological polar surface area (TPSA) is 26.6 Å². The minimum atomic E-state index is -0.0929. The third-order valence-corrected chi connectivity index (χ3v) is 15.3. The first kappa shape index (κ1) is 37.3. The molecular weight excluding hydrogens is 813 g/mol. The lowest BCUT2D eigenvalue weighted by Gasteiger charge is -2.21. The maximum atomic E-state index is 5.65. The highest BCUT2D eigenvalue weighted by Crippen LogP contribution is 2.51. The van der Waals surface area contributed by atoms with Crippen molar-refractivity contribution in [1.29, 1.82) is 0 Å². The molecule has 0 saturated carbocycles. The van der Waals surface area contributed by atoms with Crippen molar-refractivity contribution in [2.24, 2.45) is 0 Å². The molecule has 0 radical (unpaired) electrons. The van der Waals surface area contributed by atoms with Crippen LogP contribution in [-0.4, -0.2) is 18.4 Å². The van der Waals surface area contributed by atoms with Crippen LogP contribution in [0.25, 0.3) is 136 Å². The number of hydrogen-bond acceptors (Lipinski definition) is 1. The summed E-state index contributed by atoms with van der Waals surface area (Å²) < 4.78 is 7.48. The summed E-state index contributed by atoms with van der Waals surface area (Å²) in [5, 5.41) is 17.8. The summed E-state index contributed by atoms with van der Waals surface area (Å²) in [6.07, 6.45) is 2.18. The molecule has 0 aliphatic carbocycles. The largest absolute Gasteiger partial charge is 0.309 e. The van der Waals surface area contributed by atoms with Gasteiger partial charge in [0, 0.05) is 65.1 Å². The average molecular weight is 859 g/mol. The van der Waals surface area contributed by atoms with E-state index in [4.69, 9.17) is 4.98 Å². The first-order chi connectivity index (χ1) is 32.5. The molecule has 0 bridgehead atoms. The van der Waals surface area contributed by atoms with Crippen LogP contribution >= 0.6 is 0 Å². The zero-order valence-corrected chi connectivity index (χ0v) is 38.5. The summed E-state index contributed by atoms with van der Waals surface area (Å²) in [6, 6.07) is 61.7. The SMILES string of the molecule is CC(C)(C)c1cc(-c2ccc3c(c2)c2ccccc2n3-c2ccccc2)c2c(c1)c1c3ccccc3cc3c4c5c6cc(C(C)(C)C)cc7c8cc9ccccc9cc8n(c5cnc4n2c31)c76. The first-order valence-corrected chi connectivity index (χ1v) is 23.7. The number of nitrogens with zero attached hydrogens (tertiary/aromatic N) is 4. The maximum Gasteiger partial charge on any atom is 0.146 e. The lowest BCUT2D eigenvalue weighted by molar-refractivity contribution is 0.591. The van der Waals surface area contributed by atoms with Crippen molar-refractivity contribution in [3.8, 4) is 16.8 Å². The van der Waals surface area contributed by atoms with E-state index in [-0.39, 0.29) is 10.8 Å². The Hall–Kier alpha value is -7.95. The van der Waals surface area contributed by atoms with Gasteiger partial charge in [-0.3, -0.25) is 4.40 Å². The molecule has 15 aromatic rings. The summed E-state index contributed by atoms with van der Waals surface area (Å²) in [5.74, 6) is 0. The van der Waals surface area contributed by atoms with E-state index in [1.54, 1.807) is 0 Å². The minimum absolute atomic E-state index is 0.0548. The van der Waals surface area contributed by atoms with Crippen molar-refractivity contribution in [3.63, 3.8) is 0 Å². The highest BCUT2D eigenvalue weighted by Gasteiger charge is 2.30. The second-order valence-electron chi connectivity index (χ2n) is 21.2. The van der Waals surface area contributed by atoms with E-state index in [0.717, 1.165) is 16.9 Å². The zero-order valence-electron chi connectivity index (χ0n) is 38.5. The Kier molecular flexibility index (Phi) is 6.94. The molecule has 0 saturated heterocycles. The van der Waals surface area contributed by atoms with Crippen LogP contribution in [0, 0.1) is 0 Å². The van der Waals surface area contributed by atoms with Gasteiger partial charge in [0.05, 0.1) is 44.8 Å². The van der Waals surface area contributed by atoms with E-state index in [1.165, 1.54) is 131 Å². The van der Waals surface area contributed by atoms with Gasteiger partial charge in [-0.15, -0.1) is 0 Å². The van der Waals surface area contributed by atoms with Gasteiger partial charge in [-0.1, -0.05) is 133 Å². The normalized spacial score (nSPS) is 13.2. The Morgan fingerprint density at radius 1 is 0.373 bits per heavy atom. The molecule has 6 heterocycles. The van der Waals surface area contributed by atoms with Gasteiger partial charge in [-0.05, 0) is 122 Å². The molecule has 15 rings (SSSR count). The van der Waals surface area contributed by atoms with Gasteiger partial charge in [0.15, 0.2) is 0 Å². The molecule has 9 aromatic carbocycles. The van der Waals surface area contributed by atoms with E-state index < -0.39 is 0 Å². The highest BCUT2D eigenvalue weighted by molar-refractivity contribution is 6.38. The van der Waals surface area contributed by atoms with Gasteiger partial charge >= 0.3 is 0 Å². The van der Waals surface area contributed by atoms with E-state index in [2.05, 4.69) is 225 Å². The van der Waals surface area contributed by atoms with Crippen molar-refractivity contribution in [2.75, 3.05) is 0 Å². The number of fused-ring (bicyclic) bond motifs is 19. The fraction of sp³-hybridized carbons (Fsp3) is 0.127. The molecule has 318 valence electrons. The maximum absolute atomic E-state index is 5.65. The van der Waals surface area contributed by atoms with Gasteiger partial charge in [-0.25, -0.2) is 4.98 Å². The lowest BCUT2D eigenvalue weighted by Crippen LogP contribution is -2.11. The lowest BCUT2D eigenvalue weighted by atomic mass is 9.83. The fourth-order valence-corrected chi connectivity index (χ4v) is 12.1. The van der Waals surface area contributed by atoms with Crippen LogP contribution in [0.1, 0.15) is 52.7 Å². The Morgan fingerprint density at radius 3 is 1.75 bits per heavy atom. The molecule has 67 heavy (non-hydrogen) atoms. The summed E-state index contributed by atoms with van der Waals surface area (Å²) in [6.45, 7) is 14.1. The minimum Gasteiger partial charge on any atom is -0.309 e. The van der Waals surface area contributed by atoms with Crippen LogP contribution < -0.4 is 0 Å². The van der Waals surface area contributed by atoms with Crippen LogP contribution in [0.4, 0.5) is 0 Å². The van der Waals surface area contributed by atoms with Crippen LogP contribution in [0.15, 0.2) is 170 Å². The predicted molar refractivity (Wildman–Crippen MR) is 286 cm³/mol. The van der Waals surface area contributed by atoms with Gasteiger partial charge < -0.3 is 8.97 Å². The second-order valence-corrected chi connectivity index (χ2v) is 21.2. The van der Waals surface area contributed by atoms with Gasteiger partial charge in [0.25, 0.3) is 0 Å². The molecule has 0 spiro atoms. The van der Waals surface area contributed by atoms with Gasteiger partial charge in [-0.2, -0.15) is 0 Å². The molecule has 6 aromatic heterocycles. The molecule has 0 unspecified atom stereocenters. The molecule has 0 N–H and O–H groups in total. The Bertz CT molecular complexity index is 4620. The standard InChI is InChI=1S/C63H46N4/c1-62(2,3)39-30-44(38-24-25-52-45(27-38)43-22-14-15-23-51(43)65(52)41-19-8-7-9-20-41)58-49(32-39)55-42-21-13-12-18-37(42)28-48-57-56-50-33-40(63(4,5)6)31-47-46-26-35-16-10-11-17-36(35)29-53(46)66(59(47)50)54(56)34-64-61(57)67(58)60(48)55/h7-34H,1-6H3. The number of pyridine rings is 1.